The van der Waals surface area contributed by atoms with Crippen molar-refractivity contribution in [3.63, 3.8) is 0 Å². The SMILES string of the molecule is CC(=O)Oc1c(C(=O)c2ccccc2)[nH]c2c(Cl)cccc12. The minimum Gasteiger partial charge on any atom is -0.424 e. The maximum absolute atomic E-state index is 12.7. The predicted molar refractivity (Wildman–Crippen MR) is 84.5 cm³/mol. The van der Waals surface area contributed by atoms with E-state index in [2.05, 4.69) is 4.98 Å². The number of nitrogens with one attached hydrogen (secondary N) is 1. The smallest absolute Gasteiger partial charge is 0.308 e. The van der Waals surface area contributed by atoms with Crippen LogP contribution in [-0.2, 0) is 4.79 Å². The fourth-order valence-electron chi connectivity index (χ4n) is 2.30. The number of halogens is 1. The average molecular weight is 314 g/mol. The molecule has 0 aliphatic heterocycles. The summed E-state index contributed by atoms with van der Waals surface area (Å²) in [4.78, 5) is 27.0. The lowest BCUT2D eigenvalue weighted by atomic mass is 10.1. The zero-order chi connectivity index (χ0) is 15.7. The van der Waals surface area contributed by atoms with Crippen molar-refractivity contribution >= 4 is 34.3 Å². The number of hydrogen-bond donors (Lipinski definition) is 1. The fourth-order valence-corrected chi connectivity index (χ4v) is 2.52. The number of esters is 1. The number of rotatable bonds is 3. The van der Waals surface area contributed by atoms with Gasteiger partial charge in [-0.1, -0.05) is 48.0 Å². The van der Waals surface area contributed by atoms with Crippen molar-refractivity contribution in [2.45, 2.75) is 6.92 Å². The summed E-state index contributed by atoms with van der Waals surface area (Å²) in [5.41, 5.74) is 1.28. The number of hydrogen-bond acceptors (Lipinski definition) is 3. The Morgan fingerprint density at radius 3 is 2.45 bits per heavy atom. The van der Waals surface area contributed by atoms with Crippen molar-refractivity contribution in [2.24, 2.45) is 0 Å². The molecule has 0 saturated carbocycles. The summed E-state index contributed by atoms with van der Waals surface area (Å²) in [6, 6.07) is 14.0. The van der Waals surface area contributed by atoms with Crippen LogP contribution in [0, 0.1) is 0 Å². The summed E-state index contributed by atoms with van der Waals surface area (Å²) in [6.07, 6.45) is 0. The summed E-state index contributed by atoms with van der Waals surface area (Å²) in [6.45, 7) is 1.29. The van der Waals surface area contributed by atoms with E-state index in [1.54, 1.807) is 42.5 Å². The first kappa shape index (κ1) is 14.4. The lowest BCUT2D eigenvalue weighted by Gasteiger charge is -2.04. The zero-order valence-corrected chi connectivity index (χ0v) is 12.5. The van der Waals surface area contributed by atoms with Crippen molar-refractivity contribution < 1.29 is 14.3 Å². The Kier molecular flexibility index (Phi) is 3.69. The van der Waals surface area contributed by atoms with Crippen molar-refractivity contribution in [1.29, 1.82) is 0 Å². The van der Waals surface area contributed by atoms with E-state index < -0.39 is 5.97 Å². The van der Waals surface area contributed by atoms with Crippen LogP contribution < -0.4 is 4.74 Å². The minimum atomic E-state index is -0.497. The number of ether oxygens (including phenoxy) is 1. The molecule has 0 unspecified atom stereocenters. The van der Waals surface area contributed by atoms with E-state index in [1.165, 1.54) is 6.92 Å². The highest BCUT2D eigenvalue weighted by Crippen LogP contribution is 2.35. The van der Waals surface area contributed by atoms with Gasteiger partial charge in [0.1, 0.15) is 5.69 Å². The standard InChI is InChI=1S/C17H12ClNO3/c1-10(20)22-17-12-8-5-9-13(18)14(12)19-15(17)16(21)11-6-3-2-4-7-11/h2-9,19H,1H3. The van der Waals surface area contributed by atoms with Gasteiger partial charge < -0.3 is 9.72 Å². The van der Waals surface area contributed by atoms with Crippen LogP contribution in [0.5, 0.6) is 5.75 Å². The van der Waals surface area contributed by atoms with Gasteiger partial charge in [-0.3, -0.25) is 9.59 Å². The largest absolute Gasteiger partial charge is 0.424 e. The van der Waals surface area contributed by atoms with E-state index in [9.17, 15) is 9.59 Å². The van der Waals surface area contributed by atoms with E-state index in [4.69, 9.17) is 16.3 Å². The zero-order valence-electron chi connectivity index (χ0n) is 11.7. The molecule has 3 rings (SSSR count). The Bertz CT molecular complexity index is 868. The monoisotopic (exact) mass is 313 g/mol. The second-order valence-corrected chi connectivity index (χ2v) is 5.19. The van der Waals surface area contributed by atoms with Crippen molar-refractivity contribution in [3.05, 3.63) is 64.8 Å². The maximum Gasteiger partial charge on any atom is 0.308 e. The molecule has 0 fully saturated rings. The highest BCUT2D eigenvalue weighted by Gasteiger charge is 2.22. The highest BCUT2D eigenvalue weighted by atomic mass is 35.5. The van der Waals surface area contributed by atoms with Gasteiger partial charge in [-0.05, 0) is 12.1 Å². The molecule has 110 valence electrons. The molecule has 3 aromatic rings. The molecule has 1 N–H and O–H groups in total. The normalized spacial score (nSPS) is 10.6. The summed E-state index contributed by atoms with van der Waals surface area (Å²) in [7, 11) is 0. The molecule has 0 spiro atoms. The van der Waals surface area contributed by atoms with Crippen molar-refractivity contribution in [2.75, 3.05) is 0 Å². The quantitative estimate of drug-likeness (QED) is 0.588. The van der Waals surface area contributed by atoms with Crippen molar-refractivity contribution in [3.8, 4) is 5.75 Å². The van der Waals surface area contributed by atoms with Crippen molar-refractivity contribution in [1.82, 2.24) is 4.98 Å². The van der Waals surface area contributed by atoms with Gasteiger partial charge in [0.15, 0.2) is 5.75 Å². The van der Waals surface area contributed by atoms with Gasteiger partial charge in [-0.15, -0.1) is 0 Å². The Morgan fingerprint density at radius 2 is 1.77 bits per heavy atom. The molecule has 0 atom stereocenters. The number of aromatic amines is 1. The van der Waals surface area contributed by atoms with Gasteiger partial charge in [-0.25, -0.2) is 0 Å². The van der Waals surface area contributed by atoms with Crippen LogP contribution in [0.4, 0.5) is 0 Å². The predicted octanol–water partition coefficient (Wildman–Crippen LogP) is 3.98. The van der Waals surface area contributed by atoms with Gasteiger partial charge in [0.2, 0.25) is 5.78 Å². The Labute approximate surface area is 131 Å². The van der Waals surface area contributed by atoms with E-state index in [1.807, 2.05) is 6.07 Å². The third kappa shape index (κ3) is 2.49. The first-order valence-electron chi connectivity index (χ1n) is 6.66. The van der Waals surface area contributed by atoms with E-state index in [0.717, 1.165) is 0 Å². The van der Waals surface area contributed by atoms with E-state index >= 15 is 0 Å². The Hall–Kier alpha value is -2.59. The van der Waals surface area contributed by atoms with E-state index in [0.29, 0.717) is 21.5 Å². The van der Waals surface area contributed by atoms with Crippen LogP contribution in [0.2, 0.25) is 5.02 Å². The van der Waals surface area contributed by atoms with Gasteiger partial charge in [0, 0.05) is 17.9 Å². The molecular weight excluding hydrogens is 302 g/mol. The minimum absolute atomic E-state index is 0.207. The second-order valence-electron chi connectivity index (χ2n) is 4.78. The van der Waals surface area contributed by atoms with Gasteiger partial charge in [0.05, 0.1) is 10.5 Å². The third-order valence-corrected chi connectivity index (χ3v) is 3.56. The summed E-state index contributed by atoms with van der Waals surface area (Å²) in [5, 5.41) is 1.06. The summed E-state index contributed by atoms with van der Waals surface area (Å²) in [5.74, 6) is -0.550. The van der Waals surface area contributed by atoms with Gasteiger partial charge in [0.25, 0.3) is 0 Å². The van der Waals surface area contributed by atoms with Crippen LogP contribution in [0.1, 0.15) is 23.0 Å². The van der Waals surface area contributed by atoms with E-state index in [-0.39, 0.29) is 17.2 Å². The number of fused-ring (bicyclic) bond motifs is 1. The number of carbonyl (C=O) groups excluding carboxylic acids is 2. The molecule has 1 heterocycles. The topological polar surface area (TPSA) is 59.2 Å². The van der Waals surface area contributed by atoms with Crippen LogP contribution in [0.25, 0.3) is 10.9 Å². The molecule has 0 bridgehead atoms. The first-order chi connectivity index (χ1) is 10.6. The summed E-state index contributed by atoms with van der Waals surface area (Å²) >= 11 is 6.15. The molecule has 0 aliphatic carbocycles. The average Bonchev–Trinajstić information content (AvgIpc) is 2.87. The number of ketones is 1. The maximum atomic E-state index is 12.7. The number of carbonyl (C=O) groups is 2. The number of benzene rings is 2. The number of para-hydroxylation sites is 1. The number of aromatic nitrogens is 1. The molecular formula is C17H12ClNO3. The highest BCUT2D eigenvalue weighted by molar-refractivity contribution is 6.35. The number of H-pyrrole nitrogens is 1. The molecule has 1 aromatic heterocycles. The van der Waals surface area contributed by atoms with Crippen LogP contribution >= 0.6 is 11.6 Å². The van der Waals surface area contributed by atoms with Crippen LogP contribution in [-0.4, -0.2) is 16.7 Å². The van der Waals surface area contributed by atoms with Gasteiger partial charge in [-0.2, -0.15) is 0 Å². The molecule has 2 aromatic carbocycles. The molecule has 5 heteroatoms. The lowest BCUT2D eigenvalue weighted by Crippen LogP contribution is -2.08. The van der Waals surface area contributed by atoms with Crippen LogP contribution in [0.3, 0.4) is 0 Å². The Morgan fingerprint density at radius 1 is 1.05 bits per heavy atom. The lowest BCUT2D eigenvalue weighted by molar-refractivity contribution is -0.131. The molecule has 22 heavy (non-hydrogen) atoms. The molecule has 0 saturated heterocycles. The molecule has 0 amide bonds. The first-order valence-corrected chi connectivity index (χ1v) is 7.04. The third-order valence-electron chi connectivity index (χ3n) is 3.24. The molecule has 0 aliphatic rings. The summed E-state index contributed by atoms with van der Waals surface area (Å²) < 4.78 is 5.25. The second kappa shape index (κ2) is 5.66. The van der Waals surface area contributed by atoms with Gasteiger partial charge >= 0.3 is 5.97 Å². The molecule has 0 radical (unpaired) electrons. The Balaban J connectivity index is 2.22. The molecule has 4 nitrogen and oxygen atoms in total. The van der Waals surface area contributed by atoms with Crippen LogP contribution in [0.15, 0.2) is 48.5 Å². The fraction of sp³-hybridized carbons (Fsp3) is 0.0588.